The van der Waals surface area contributed by atoms with Crippen LogP contribution in [0.25, 0.3) is 11.1 Å². The van der Waals surface area contributed by atoms with Gasteiger partial charge < -0.3 is 14.5 Å². The summed E-state index contributed by atoms with van der Waals surface area (Å²) in [6.45, 7) is 3.47. The van der Waals surface area contributed by atoms with Crippen molar-refractivity contribution in [1.29, 1.82) is 0 Å². The lowest BCUT2D eigenvalue weighted by Crippen LogP contribution is -2.30. The highest BCUT2D eigenvalue weighted by Crippen LogP contribution is 2.23. The van der Waals surface area contributed by atoms with E-state index in [1.54, 1.807) is 6.07 Å². The number of benzene rings is 2. The zero-order valence-electron chi connectivity index (χ0n) is 14.4. The molecule has 0 aliphatic heterocycles. The van der Waals surface area contributed by atoms with Crippen LogP contribution in [-0.4, -0.2) is 28.7 Å². The molecule has 6 nitrogen and oxygen atoms in total. The Morgan fingerprint density at radius 1 is 1.23 bits per heavy atom. The molecule has 7 heteroatoms. The van der Waals surface area contributed by atoms with Crippen molar-refractivity contribution < 1.29 is 18.7 Å². The summed E-state index contributed by atoms with van der Waals surface area (Å²) < 4.78 is 10.7. The summed E-state index contributed by atoms with van der Waals surface area (Å²) in [5.41, 5.74) is 3.09. The van der Waals surface area contributed by atoms with Gasteiger partial charge in [-0.25, -0.2) is 4.98 Å². The van der Waals surface area contributed by atoms with Crippen LogP contribution in [0.15, 0.2) is 58.2 Å². The first-order valence-corrected chi connectivity index (χ1v) is 9.05. The minimum absolute atomic E-state index is 0.00882. The smallest absolute Gasteiger partial charge is 0.317 e. The van der Waals surface area contributed by atoms with Gasteiger partial charge >= 0.3 is 5.97 Å². The molecule has 0 aliphatic carbocycles. The van der Waals surface area contributed by atoms with Crippen molar-refractivity contribution in [3.8, 4) is 0 Å². The first kappa shape index (κ1) is 18.0. The van der Waals surface area contributed by atoms with Crippen molar-refractivity contribution in [2.24, 2.45) is 0 Å². The van der Waals surface area contributed by atoms with E-state index in [0.29, 0.717) is 16.5 Å². The number of thioether (sulfide) groups is 1. The topological polar surface area (TPSA) is 81.4 Å². The molecule has 1 heterocycles. The van der Waals surface area contributed by atoms with Crippen LogP contribution in [-0.2, 0) is 14.3 Å². The monoisotopic (exact) mass is 370 g/mol. The lowest BCUT2D eigenvalue weighted by atomic mass is 10.2. The highest BCUT2D eigenvalue weighted by atomic mass is 32.2. The maximum atomic E-state index is 12.1. The van der Waals surface area contributed by atoms with Gasteiger partial charge in [-0.1, -0.05) is 36.0 Å². The van der Waals surface area contributed by atoms with Crippen LogP contribution in [0.3, 0.4) is 0 Å². The Labute approximate surface area is 154 Å². The van der Waals surface area contributed by atoms with Gasteiger partial charge in [0.15, 0.2) is 11.7 Å². The summed E-state index contributed by atoms with van der Waals surface area (Å²) in [4.78, 5) is 28.4. The van der Waals surface area contributed by atoms with Crippen molar-refractivity contribution in [1.82, 2.24) is 4.98 Å². The van der Waals surface area contributed by atoms with Crippen molar-refractivity contribution in [3.63, 3.8) is 0 Å². The number of nitrogens with zero attached hydrogens (tertiary/aromatic N) is 1. The highest BCUT2D eigenvalue weighted by molar-refractivity contribution is 7.99. The van der Waals surface area contributed by atoms with Gasteiger partial charge in [0, 0.05) is 5.69 Å². The van der Waals surface area contributed by atoms with Gasteiger partial charge in [0.2, 0.25) is 0 Å². The maximum Gasteiger partial charge on any atom is 0.317 e. The van der Waals surface area contributed by atoms with E-state index in [1.165, 1.54) is 6.92 Å². The number of hydrogen-bond acceptors (Lipinski definition) is 6. The molecule has 0 saturated heterocycles. The van der Waals surface area contributed by atoms with E-state index in [9.17, 15) is 9.59 Å². The largest absolute Gasteiger partial charge is 0.452 e. The molecule has 0 radical (unpaired) electrons. The van der Waals surface area contributed by atoms with Crippen LogP contribution in [0.4, 0.5) is 5.69 Å². The molecule has 3 rings (SSSR count). The molecular formula is C19H18N2O4S. The summed E-state index contributed by atoms with van der Waals surface area (Å²) in [7, 11) is 0. The van der Waals surface area contributed by atoms with Crippen LogP contribution in [0.1, 0.15) is 12.5 Å². The minimum Gasteiger partial charge on any atom is -0.452 e. The van der Waals surface area contributed by atoms with Crippen LogP contribution in [0.2, 0.25) is 0 Å². The first-order valence-electron chi connectivity index (χ1n) is 8.06. The predicted octanol–water partition coefficient (Wildman–Crippen LogP) is 3.80. The van der Waals surface area contributed by atoms with Gasteiger partial charge in [-0.15, -0.1) is 0 Å². The third-order valence-electron chi connectivity index (χ3n) is 3.55. The zero-order valence-corrected chi connectivity index (χ0v) is 15.2. The first-order chi connectivity index (χ1) is 12.5. The Morgan fingerprint density at radius 2 is 2.04 bits per heavy atom. The SMILES string of the molecule is Cc1cccc(NC(=O)[C@H](C)OC(=O)CSc2nc3ccccc3o2)c1. The van der Waals surface area contributed by atoms with Crippen molar-refractivity contribution in [2.75, 3.05) is 11.1 Å². The molecule has 0 aliphatic rings. The minimum atomic E-state index is -0.896. The summed E-state index contributed by atoms with van der Waals surface area (Å²) >= 11 is 1.13. The Morgan fingerprint density at radius 3 is 2.81 bits per heavy atom. The molecule has 26 heavy (non-hydrogen) atoms. The van der Waals surface area contributed by atoms with Crippen molar-refractivity contribution in [2.45, 2.75) is 25.2 Å². The molecular weight excluding hydrogens is 352 g/mol. The zero-order chi connectivity index (χ0) is 18.5. The fraction of sp³-hybridized carbons (Fsp3) is 0.211. The molecule has 1 N–H and O–H groups in total. The molecule has 1 atom stereocenters. The Kier molecular flexibility index (Phi) is 5.58. The number of carbonyl (C=O) groups is 2. The van der Waals surface area contributed by atoms with Crippen LogP contribution in [0, 0.1) is 6.92 Å². The fourth-order valence-electron chi connectivity index (χ4n) is 2.28. The molecule has 0 spiro atoms. The van der Waals surface area contributed by atoms with Gasteiger partial charge in [-0.3, -0.25) is 9.59 Å². The molecule has 1 amide bonds. The number of esters is 1. The number of aromatic nitrogens is 1. The quantitative estimate of drug-likeness (QED) is 0.525. The van der Waals surface area contributed by atoms with E-state index in [-0.39, 0.29) is 11.7 Å². The van der Waals surface area contributed by atoms with E-state index >= 15 is 0 Å². The average molecular weight is 370 g/mol. The number of rotatable bonds is 6. The summed E-state index contributed by atoms with van der Waals surface area (Å²) in [6.07, 6.45) is -0.896. The number of hydrogen-bond donors (Lipinski definition) is 1. The number of aryl methyl sites for hydroxylation is 1. The fourth-order valence-corrected chi connectivity index (χ4v) is 2.91. The second-order valence-electron chi connectivity index (χ2n) is 5.73. The number of para-hydroxylation sites is 2. The lowest BCUT2D eigenvalue weighted by molar-refractivity contribution is -0.150. The molecule has 0 unspecified atom stereocenters. The van der Waals surface area contributed by atoms with Gasteiger partial charge in [0.25, 0.3) is 11.1 Å². The second kappa shape index (κ2) is 8.05. The number of amides is 1. The number of oxazole rings is 1. The van der Waals surface area contributed by atoms with E-state index < -0.39 is 12.1 Å². The van der Waals surface area contributed by atoms with Crippen LogP contribution < -0.4 is 5.32 Å². The van der Waals surface area contributed by atoms with Gasteiger partial charge in [-0.2, -0.15) is 0 Å². The molecule has 0 bridgehead atoms. The Bertz CT molecular complexity index is 905. The molecule has 0 saturated carbocycles. The third-order valence-corrected chi connectivity index (χ3v) is 4.35. The lowest BCUT2D eigenvalue weighted by Gasteiger charge is -2.13. The van der Waals surface area contributed by atoms with Crippen molar-refractivity contribution in [3.05, 3.63) is 54.1 Å². The second-order valence-corrected chi connectivity index (χ2v) is 6.65. The van der Waals surface area contributed by atoms with Crippen LogP contribution >= 0.6 is 11.8 Å². The molecule has 3 aromatic rings. The van der Waals surface area contributed by atoms with E-state index in [0.717, 1.165) is 22.8 Å². The number of anilines is 1. The van der Waals surface area contributed by atoms with E-state index in [4.69, 9.17) is 9.15 Å². The molecule has 0 fully saturated rings. The Balaban J connectivity index is 1.49. The maximum absolute atomic E-state index is 12.1. The highest BCUT2D eigenvalue weighted by Gasteiger charge is 2.19. The number of carbonyl (C=O) groups excluding carboxylic acids is 2. The normalized spacial score (nSPS) is 11.9. The number of ether oxygens (including phenoxy) is 1. The van der Waals surface area contributed by atoms with E-state index in [1.807, 2.05) is 49.4 Å². The standard InChI is InChI=1S/C19H18N2O4S/c1-12-6-5-7-14(10-12)20-18(23)13(2)24-17(22)11-26-19-21-15-8-3-4-9-16(15)25-19/h3-10,13H,11H2,1-2H3,(H,20,23)/t13-/m0/s1. The van der Waals surface area contributed by atoms with Gasteiger partial charge in [0.1, 0.15) is 11.3 Å². The van der Waals surface area contributed by atoms with E-state index in [2.05, 4.69) is 10.3 Å². The van der Waals surface area contributed by atoms with Crippen molar-refractivity contribution >= 4 is 40.4 Å². The summed E-state index contributed by atoms with van der Waals surface area (Å²) in [5.74, 6) is -0.880. The average Bonchev–Trinajstić information content (AvgIpc) is 3.03. The Hall–Kier alpha value is -2.80. The number of nitrogens with one attached hydrogen (secondary N) is 1. The van der Waals surface area contributed by atoms with Crippen LogP contribution in [0.5, 0.6) is 0 Å². The molecule has 1 aromatic heterocycles. The van der Waals surface area contributed by atoms with Gasteiger partial charge in [-0.05, 0) is 43.7 Å². The third kappa shape index (κ3) is 4.64. The summed E-state index contributed by atoms with van der Waals surface area (Å²) in [5, 5.41) is 3.11. The number of fused-ring (bicyclic) bond motifs is 1. The summed E-state index contributed by atoms with van der Waals surface area (Å²) in [6, 6.07) is 14.8. The molecule has 134 valence electrons. The van der Waals surface area contributed by atoms with Gasteiger partial charge in [0.05, 0.1) is 0 Å². The molecule has 2 aromatic carbocycles. The predicted molar refractivity (Wildman–Crippen MR) is 100 cm³/mol.